The molecule has 1 saturated heterocycles. The molecule has 0 spiro atoms. The van der Waals surface area contributed by atoms with Crippen LogP contribution in [0.5, 0.6) is 0 Å². The fraction of sp³-hybridized carbons (Fsp3) is 0.321. The van der Waals surface area contributed by atoms with E-state index in [0.717, 1.165) is 28.2 Å². The lowest BCUT2D eigenvalue weighted by molar-refractivity contribution is -0.384. The highest BCUT2D eigenvalue weighted by molar-refractivity contribution is 5.94. The summed E-state index contributed by atoms with van der Waals surface area (Å²) < 4.78 is 1.67. The number of amides is 1. The summed E-state index contributed by atoms with van der Waals surface area (Å²) in [4.78, 5) is 33.2. The Kier molecular flexibility index (Phi) is 6.15. The number of fused-ring (bicyclic) bond motifs is 1. The van der Waals surface area contributed by atoms with Crippen LogP contribution < -0.4 is 4.90 Å². The van der Waals surface area contributed by atoms with Crippen LogP contribution in [0.1, 0.15) is 42.5 Å². The van der Waals surface area contributed by atoms with Gasteiger partial charge in [-0.15, -0.1) is 0 Å². The SMILES string of the molecule is Cc1ccc(-c2cc(C(=O)N3CCN(c4ccc([N+](=O)[O-])cc4)CC3)n3nc(C(C)(C)C)cc3n2)cc1. The highest BCUT2D eigenvalue weighted by Gasteiger charge is 2.27. The van der Waals surface area contributed by atoms with Crippen molar-refractivity contribution in [2.75, 3.05) is 31.1 Å². The summed E-state index contributed by atoms with van der Waals surface area (Å²) in [7, 11) is 0. The number of hydrogen-bond acceptors (Lipinski definition) is 6. The zero-order chi connectivity index (χ0) is 26.3. The van der Waals surface area contributed by atoms with Gasteiger partial charge < -0.3 is 9.80 Å². The number of benzene rings is 2. The fourth-order valence-corrected chi connectivity index (χ4v) is 4.48. The van der Waals surface area contributed by atoms with Crippen LogP contribution in [0.2, 0.25) is 0 Å². The van der Waals surface area contributed by atoms with Crippen molar-refractivity contribution in [1.82, 2.24) is 19.5 Å². The van der Waals surface area contributed by atoms with E-state index in [0.29, 0.717) is 37.5 Å². The van der Waals surface area contributed by atoms with Crippen LogP contribution in [0.15, 0.2) is 60.7 Å². The lowest BCUT2D eigenvalue weighted by Gasteiger charge is -2.36. The summed E-state index contributed by atoms with van der Waals surface area (Å²) in [6.45, 7) is 10.7. The van der Waals surface area contributed by atoms with Crippen molar-refractivity contribution >= 4 is 22.9 Å². The van der Waals surface area contributed by atoms with Gasteiger partial charge in [0.05, 0.1) is 16.3 Å². The molecule has 0 N–H and O–H groups in total. The number of anilines is 1. The first-order valence-corrected chi connectivity index (χ1v) is 12.4. The molecule has 0 saturated carbocycles. The summed E-state index contributed by atoms with van der Waals surface area (Å²) in [5.74, 6) is -0.0901. The van der Waals surface area contributed by atoms with Crippen molar-refractivity contribution in [1.29, 1.82) is 0 Å². The lowest BCUT2D eigenvalue weighted by atomic mass is 9.93. The molecular formula is C28H30N6O3. The zero-order valence-electron chi connectivity index (χ0n) is 21.5. The van der Waals surface area contributed by atoms with Crippen molar-refractivity contribution in [3.05, 3.63) is 87.7 Å². The molecule has 1 aliphatic rings. The second-order valence-corrected chi connectivity index (χ2v) is 10.5. The fourth-order valence-electron chi connectivity index (χ4n) is 4.48. The van der Waals surface area contributed by atoms with Gasteiger partial charge in [-0.1, -0.05) is 50.6 Å². The average molecular weight is 499 g/mol. The van der Waals surface area contributed by atoms with Crippen molar-refractivity contribution in [3.8, 4) is 11.3 Å². The van der Waals surface area contributed by atoms with Gasteiger partial charge in [0.15, 0.2) is 5.65 Å². The summed E-state index contributed by atoms with van der Waals surface area (Å²) in [6, 6.07) is 18.5. The van der Waals surface area contributed by atoms with E-state index in [1.165, 1.54) is 12.1 Å². The molecule has 37 heavy (non-hydrogen) atoms. The molecule has 5 rings (SSSR count). The Hall–Kier alpha value is -4.27. The number of non-ortho nitro benzene ring substituents is 1. The number of hydrogen-bond donors (Lipinski definition) is 0. The maximum absolute atomic E-state index is 13.8. The van der Waals surface area contributed by atoms with Crippen LogP contribution in [0, 0.1) is 17.0 Å². The molecule has 4 aromatic rings. The van der Waals surface area contributed by atoms with Crippen LogP contribution in [-0.2, 0) is 5.41 Å². The molecule has 0 radical (unpaired) electrons. The molecule has 0 aliphatic carbocycles. The number of nitro benzene ring substituents is 1. The molecule has 2 aromatic carbocycles. The maximum atomic E-state index is 13.8. The first kappa shape index (κ1) is 24.4. The van der Waals surface area contributed by atoms with Gasteiger partial charge in [0.2, 0.25) is 0 Å². The maximum Gasteiger partial charge on any atom is 0.272 e. The van der Waals surface area contributed by atoms with Crippen LogP contribution in [0.3, 0.4) is 0 Å². The quantitative estimate of drug-likeness (QED) is 0.294. The highest BCUT2D eigenvalue weighted by Crippen LogP contribution is 2.27. The molecule has 0 unspecified atom stereocenters. The molecule has 0 bridgehead atoms. The lowest BCUT2D eigenvalue weighted by Crippen LogP contribution is -2.49. The van der Waals surface area contributed by atoms with Crippen LogP contribution in [0.25, 0.3) is 16.9 Å². The topological polar surface area (TPSA) is 96.9 Å². The number of aromatic nitrogens is 3. The van der Waals surface area contributed by atoms with Gasteiger partial charge in [-0.05, 0) is 25.1 Å². The number of aryl methyl sites for hydroxylation is 1. The van der Waals surface area contributed by atoms with Gasteiger partial charge >= 0.3 is 0 Å². The molecule has 1 fully saturated rings. The minimum Gasteiger partial charge on any atom is -0.368 e. The van der Waals surface area contributed by atoms with E-state index < -0.39 is 4.92 Å². The minimum absolute atomic E-state index is 0.0671. The molecule has 1 aliphatic heterocycles. The number of carbonyl (C=O) groups excluding carboxylic acids is 1. The Morgan fingerprint density at radius 2 is 1.59 bits per heavy atom. The van der Waals surface area contributed by atoms with E-state index in [4.69, 9.17) is 10.1 Å². The number of carbonyl (C=O) groups is 1. The molecule has 3 heterocycles. The Bertz CT molecular complexity index is 1460. The Morgan fingerprint density at radius 3 is 2.19 bits per heavy atom. The molecule has 2 aromatic heterocycles. The molecule has 1 amide bonds. The summed E-state index contributed by atoms with van der Waals surface area (Å²) >= 11 is 0. The summed E-state index contributed by atoms with van der Waals surface area (Å²) in [5.41, 5.74) is 5.64. The van der Waals surface area contributed by atoms with Gasteiger partial charge in [-0.25, -0.2) is 9.50 Å². The van der Waals surface area contributed by atoms with E-state index in [9.17, 15) is 14.9 Å². The summed E-state index contributed by atoms with van der Waals surface area (Å²) in [5, 5.41) is 15.7. The van der Waals surface area contributed by atoms with E-state index in [-0.39, 0.29) is 17.0 Å². The van der Waals surface area contributed by atoms with Gasteiger partial charge in [-0.2, -0.15) is 5.10 Å². The second kappa shape index (κ2) is 9.31. The largest absolute Gasteiger partial charge is 0.368 e. The minimum atomic E-state index is -0.402. The monoisotopic (exact) mass is 498 g/mol. The molecular weight excluding hydrogens is 468 g/mol. The van der Waals surface area contributed by atoms with E-state index in [2.05, 4.69) is 25.7 Å². The van der Waals surface area contributed by atoms with Crippen molar-refractivity contribution in [3.63, 3.8) is 0 Å². The Morgan fingerprint density at radius 1 is 0.946 bits per heavy atom. The standard InChI is InChI=1S/C28H30N6O3/c1-19-5-7-20(8-6-19)23-17-24(33-26(29-23)18-25(30-33)28(2,3)4)27(35)32-15-13-31(14-16-32)21-9-11-22(12-10-21)34(36)37/h5-12,17-18H,13-16H2,1-4H3. The number of nitro groups is 1. The predicted octanol–water partition coefficient (Wildman–Crippen LogP) is 4.87. The van der Waals surface area contributed by atoms with E-state index >= 15 is 0 Å². The van der Waals surface area contributed by atoms with Crippen LogP contribution >= 0.6 is 0 Å². The third-order valence-corrected chi connectivity index (χ3v) is 6.75. The average Bonchev–Trinajstić information content (AvgIpc) is 3.33. The van der Waals surface area contributed by atoms with E-state index in [1.807, 2.05) is 48.2 Å². The smallest absolute Gasteiger partial charge is 0.272 e. The predicted molar refractivity (Wildman–Crippen MR) is 143 cm³/mol. The first-order chi connectivity index (χ1) is 17.6. The third kappa shape index (κ3) is 4.89. The molecule has 0 atom stereocenters. The van der Waals surface area contributed by atoms with Gasteiger partial charge in [-0.3, -0.25) is 14.9 Å². The van der Waals surface area contributed by atoms with Crippen LogP contribution in [-0.4, -0.2) is 56.5 Å². The van der Waals surface area contributed by atoms with Crippen molar-refractivity contribution in [2.45, 2.75) is 33.1 Å². The van der Waals surface area contributed by atoms with Crippen molar-refractivity contribution < 1.29 is 9.72 Å². The number of piperazine rings is 1. The summed E-state index contributed by atoms with van der Waals surface area (Å²) in [6.07, 6.45) is 0. The second-order valence-electron chi connectivity index (χ2n) is 10.5. The molecule has 190 valence electrons. The zero-order valence-corrected chi connectivity index (χ0v) is 21.5. The van der Waals surface area contributed by atoms with Gasteiger partial charge in [0.25, 0.3) is 11.6 Å². The van der Waals surface area contributed by atoms with E-state index in [1.54, 1.807) is 16.6 Å². The number of nitrogens with zero attached hydrogens (tertiary/aromatic N) is 6. The Labute approximate surface area is 215 Å². The van der Waals surface area contributed by atoms with Crippen LogP contribution in [0.4, 0.5) is 11.4 Å². The normalized spacial score (nSPS) is 14.3. The molecule has 9 nitrogen and oxygen atoms in total. The van der Waals surface area contributed by atoms with Gasteiger partial charge in [0.1, 0.15) is 5.69 Å². The van der Waals surface area contributed by atoms with Crippen molar-refractivity contribution in [2.24, 2.45) is 0 Å². The molecule has 9 heteroatoms. The number of rotatable bonds is 4. The highest BCUT2D eigenvalue weighted by atomic mass is 16.6. The Balaban J connectivity index is 1.44. The third-order valence-electron chi connectivity index (χ3n) is 6.75. The van der Waals surface area contributed by atoms with Gasteiger partial charge in [0, 0.05) is 61.0 Å². The first-order valence-electron chi connectivity index (χ1n) is 12.4.